The Morgan fingerprint density at radius 3 is 2.66 bits per heavy atom. The molecular weight excluding hydrogens is 522 g/mol. The van der Waals surface area contributed by atoms with Crippen molar-refractivity contribution in [3.8, 4) is 5.75 Å². The molecule has 3 aromatic rings. The first kappa shape index (κ1) is 26.6. The van der Waals surface area contributed by atoms with Crippen LogP contribution >= 0.6 is 0 Å². The summed E-state index contributed by atoms with van der Waals surface area (Å²) in [7, 11) is -4.02. The van der Waals surface area contributed by atoms with Crippen molar-refractivity contribution in [1.82, 2.24) is 14.9 Å². The number of likely N-dealkylation sites (tertiary alicyclic amines) is 1. The maximum Gasteiger partial charge on any atom is 0.416 e. The van der Waals surface area contributed by atoms with Gasteiger partial charge in [0.15, 0.2) is 9.84 Å². The third kappa shape index (κ3) is 5.40. The zero-order chi connectivity index (χ0) is 27.1. The summed E-state index contributed by atoms with van der Waals surface area (Å²) in [6.45, 7) is 2.97. The molecule has 3 heterocycles. The second kappa shape index (κ2) is 10.3. The fraction of sp³-hybridized carbons (Fsp3) is 0.407. The number of sulfone groups is 1. The summed E-state index contributed by atoms with van der Waals surface area (Å²) in [6, 6.07) is 9.30. The smallest absolute Gasteiger partial charge is 0.416 e. The lowest BCUT2D eigenvalue weighted by Gasteiger charge is -2.44. The van der Waals surface area contributed by atoms with Gasteiger partial charge >= 0.3 is 6.18 Å². The molecule has 0 N–H and O–H groups in total. The molecule has 1 aromatic heterocycles. The molecule has 0 radical (unpaired) electrons. The maximum atomic E-state index is 15.3. The standard InChI is InChI=1S/C27H27F4N3O3S/c1-17-11-19(18-3-2-4-20(12-18)27(29,30)31)6-9-34(17)24-7-10-37-25-14-26(23(28)13-22(24)25)38(35,36)15-21-5-8-32-16-33-21/h2-5,8,12-14,16-17,19,24H,6-7,9-11,15H2,1H3/t17-,19-,24+/m1/s1. The van der Waals surface area contributed by atoms with E-state index in [4.69, 9.17) is 4.74 Å². The average Bonchev–Trinajstić information content (AvgIpc) is 2.88. The molecule has 2 aromatic carbocycles. The van der Waals surface area contributed by atoms with Crippen molar-refractivity contribution in [1.29, 1.82) is 0 Å². The first-order chi connectivity index (χ1) is 18.0. The van der Waals surface area contributed by atoms with E-state index in [-0.39, 0.29) is 23.7 Å². The van der Waals surface area contributed by atoms with Gasteiger partial charge in [0.25, 0.3) is 0 Å². The molecule has 0 aliphatic carbocycles. The van der Waals surface area contributed by atoms with Crippen LogP contribution in [0.15, 0.2) is 59.9 Å². The highest BCUT2D eigenvalue weighted by atomic mass is 32.2. The molecule has 0 spiro atoms. The monoisotopic (exact) mass is 549 g/mol. The highest BCUT2D eigenvalue weighted by Gasteiger charge is 2.37. The van der Waals surface area contributed by atoms with Crippen LogP contribution < -0.4 is 4.74 Å². The highest BCUT2D eigenvalue weighted by molar-refractivity contribution is 7.90. The molecule has 3 atom stereocenters. The van der Waals surface area contributed by atoms with E-state index in [9.17, 15) is 21.6 Å². The van der Waals surface area contributed by atoms with Crippen LogP contribution in [-0.4, -0.2) is 42.5 Å². The summed E-state index contributed by atoms with van der Waals surface area (Å²) in [5.74, 6) is -1.00. The molecule has 0 amide bonds. The number of fused-ring (bicyclic) bond motifs is 1. The van der Waals surface area contributed by atoms with E-state index >= 15 is 4.39 Å². The van der Waals surface area contributed by atoms with E-state index in [1.807, 2.05) is 6.92 Å². The SMILES string of the molecule is C[C@@H]1C[C@H](c2cccc(C(F)(F)F)c2)CCN1[C@H]1CCOc2cc(S(=O)(=O)Cc3ccncn3)c(F)cc21. The van der Waals surface area contributed by atoms with E-state index in [1.165, 1.54) is 42.9 Å². The zero-order valence-corrected chi connectivity index (χ0v) is 21.5. The first-order valence-corrected chi connectivity index (χ1v) is 14.0. The molecule has 5 rings (SSSR count). The number of aromatic nitrogens is 2. The second-order valence-electron chi connectivity index (χ2n) is 9.86. The Kier molecular flexibility index (Phi) is 7.17. The summed E-state index contributed by atoms with van der Waals surface area (Å²) >= 11 is 0. The molecule has 6 nitrogen and oxygen atoms in total. The fourth-order valence-corrected chi connectivity index (χ4v) is 6.91. The molecule has 2 aliphatic rings. The number of nitrogens with zero attached hydrogens (tertiary/aromatic N) is 3. The van der Waals surface area contributed by atoms with Crippen LogP contribution in [0.4, 0.5) is 17.6 Å². The molecule has 0 bridgehead atoms. The van der Waals surface area contributed by atoms with Crippen molar-refractivity contribution in [2.24, 2.45) is 0 Å². The number of rotatable bonds is 5. The molecule has 0 unspecified atom stereocenters. The fourth-order valence-electron chi connectivity index (χ4n) is 5.56. The van der Waals surface area contributed by atoms with E-state index in [0.717, 1.165) is 6.07 Å². The van der Waals surface area contributed by atoms with Gasteiger partial charge in [-0.3, -0.25) is 4.90 Å². The molecule has 1 saturated heterocycles. The summed E-state index contributed by atoms with van der Waals surface area (Å²) in [4.78, 5) is 9.48. The van der Waals surface area contributed by atoms with Crippen LogP contribution in [-0.2, 0) is 21.8 Å². The molecule has 0 saturated carbocycles. The number of alkyl halides is 3. The number of hydrogen-bond acceptors (Lipinski definition) is 6. The van der Waals surface area contributed by atoms with Crippen molar-refractivity contribution in [3.63, 3.8) is 0 Å². The number of halogens is 4. The van der Waals surface area contributed by atoms with Crippen LogP contribution in [0.2, 0.25) is 0 Å². The Morgan fingerprint density at radius 2 is 1.95 bits per heavy atom. The Hall–Kier alpha value is -3.05. The summed E-state index contributed by atoms with van der Waals surface area (Å²) < 4.78 is 86.6. The van der Waals surface area contributed by atoms with E-state index < -0.39 is 38.0 Å². The van der Waals surface area contributed by atoms with Gasteiger partial charge in [-0.15, -0.1) is 0 Å². The van der Waals surface area contributed by atoms with Crippen molar-refractivity contribution >= 4 is 9.84 Å². The first-order valence-electron chi connectivity index (χ1n) is 12.4. The molecular formula is C27H27F4N3O3S. The van der Waals surface area contributed by atoms with Gasteiger partial charge in [0.1, 0.15) is 22.8 Å². The molecule has 202 valence electrons. The van der Waals surface area contributed by atoms with Crippen molar-refractivity contribution in [2.45, 2.75) is 61.0 Å². The van der Waals surface area contributed by atoms with Gasteiger partial charge in [0.05, 0.1) is 23.6 Å². The summed E-state index contributed by atoms with van der Waals surface area (Å²) in [6.07, 6.45) is 0.177. The summed E-state index contributed by atoms with van der Waals surface area (Å²) in [5.41, 5.74) is 0.861. The largest absolute Gasteiger partial charge is 0.493 e. The second-order valence-corrected chi connectivity index (χ2v) is 11.8. The molecule has 1 fully saturated rings. The maximum absolute atomic E-state index is 15.3. The Bertz CT molecular complexity index is 1420. The third-order valence-electron chi connectivity index (χ3n) is 7.40. The van der Waals surface area contributed by atoms with Gasteiger partial charge in [-0.2, -0.15) is 13.2 Å². The third-order valence-corrected chi connectivity index (χ3v) is 9.06. The predicted molar refractivity (Wildman–Crippen MR) is 132 cm³/mol. The van der Waals surface area contributed by atoms with Crippen molar-refractivity contribution in [3.05, 3.63) is 83.2 Å². The van der Waals surface area contributed by atoms with Crippen LogP contribution in [0.25, 0.3) is 0 Å². The van der Waals surface area contributed by atoms with Gasteiger partial charge in [-0.1, -0.05) is 18.2 Å². The lowest BCUT2D eigenvalue weighted by atomic mass is 9.83. The average molecular weight is 550 g/mol. The number of piperidine rings is 1. The molecule has 38 heavy (non-hydrogen) atoms. The minimum atomic E-state index is -4.39. The van der Waals surface area contributed by atoms with Crippen LogP contribution in [0.1, 0.15) is 60.5 Å². The van der Waals surface area contributed by atoms with Gasteiger partial charge in [-0.05, 0) is 56.0 Å². The predicted octanol–water partition coefficient (Wildman–Crippen LogP) is 5.70. The Labute approximate surface area is 218 Å². The van der Waals surface area contributed by atoms with Gasteiger partial charge in [0, 0.05) is 36.3 Å². The van der Waals surface area contributed by atoms with Gasteiger partial charge in [-0.25, -0.2) is 22.8 Å². The minimum absolute atomic E-state index is 0.0171. The van der Waals surface area contributed by atoms with Gasteiger partial charge < -0.3 is 4.74 Å². The van der Waals surface area contributed by atoms with E-state index in [0.29, 0.717) is 49.3 Å². The van der Waals surface area contributed by atoms with Crippen LogP contribution in [0.5, 0.6) is 5.75 Å². The lowest BCUT2D eigenvalue weighted by Crippen LogP contribution is -2.44. The zero-order valence-electron chi connectivity index (χ0n) is 20.7. The lowest BCUT2D eigenvalue weighted by molar-refractivity contribution is -0.137. The van der Waals surface area contributed by atoms with Crippen molar-refractivity contribution in [2.75, 3.05) is 13.2 Å². The van der Waals surface area contributed by atoms with Gasteiger partial charge in [0.2, 0.25) is 0 Å². The van der Waals surface area contributed by atoms with E-state index in [2.05, 4.69) is 14.9 Å². The highest BCUT2D eigenvalue weighted by Crippen LogP contribution is 2.43. The number of hydrogen-bond donors (Lipinski definition) is 0. The summed E-state index contributed by atoms with van der Waals surface area (Å²) in [5, 5.41) is 0. The Morgan fingerprint density at radius 1 is 1.13 bits per heavy atom. The number of benzene rings is 2. The molecule has 2 aliphatic heterocycles. The topological polar surface area (TPSA) is 72.4 Å². The van der Waals surface area contributed by atoms with E-state index in [1.54, 1.807) is 6.07 Å². The normalized spacial score (nSPS) is 22.5. The van der Waals surface area contributed by atoms with Crippen LogP contribution in [0, 0.1) is 5.82 Å². The van der Waals surface area contributed by atoms with Crippen molar-refractivity contribution < 1.29 is 30.7 Å². The Balaban J connectivity index is 1.36. The quantitative estimate of drug-likeness (QED) is 0.380. The molecule has 11 heteroatoms. The minimum Gasteiger partial charge on any atom is -0.493 e. The number of ether oxygens (including phenoxy) is 1. The van der Waals surface area contributed by atoms with Crippen LogP contribution in [0.3, 0.4) is 0 Å².